The van der Waals surface area contributed by atoms with Crippen LogP contribution in [-0.4, -0.2) is 36.5 Å². The van der Waals surface area contributed by atoms with Crippen LogP contribution in [0.1, 0.15) is 12.0 Å². The van der Waals surface area contributed by atoms with Crippen LogP contribution in [0, 0.1) is 0 Å². The van der Waals surface area contributed by atoms with E-state index < -0.39 is 0 Å². The van der Waals surface area contributed by atoms with Crippen molar-refractivity contribution in [1.29, 1.82) is 0 Å². The van der Waals surface area contributed by atoms with E-state index in [0.29, 0.717) is 13.0 Å². The van der Waals surface area contributed by atoms with E-state index in [1.54, 1.807) is 4.90 Å². The zero-order valence-corrected chi connectivity index (χ0v) is 9.85. The molecule has 0 bridgehead atoms. The Balaban J connectivity index is 1.69. The van der Waals surface area contributed by atoms with Gasteiger partial charge in [-0.15, -0.1) is 0 Å². The molecule has 0 aliphatic carbocycles. The first-order valence-corrected chi connectivity index (χ1v) is 5.91. The molecule has 0 radical (unpaired) electrons. The topological polar surface area (TPSA) is 55.8 Å². The third-order valence-electron chi connectivity index (χ3n) is 3.20. The van der Waals surface area contributed by atoms with Crippen molar-refractivity contribution < 1.29 is 19.1 Å². The summed E-state index contributed by atoms with van der Waals surface area (Å²) in [6.07, 6.45) is 0.720. The molecule has 0 N–H and O–H groups in total. The standard InChI is InChI=1S/C13H13NO4/c15-10-6-12(16)14(7-10)5-4-9-2-1-3-11-13(9)18-8-17-11/h1-3H,4-8H2. The molecule has 2 aliphatic heterocycles. The first-order chi connectivity index (χ1) is 8.74. The normalized spacial score (nSPS) is 17.7. The summed E-state index contributed by atoms with van der Waals surface area (Å²) >= 11 is 0. The molecule has 0 unspecified atom stereocenters. The molecule has 0 saturated carbocycles. The van der Waals surface area contributed by atoms with Gasteiger partial charge in [-0.2, -0.15) is 0 Å². The van der Waals surface area contributed by atoms with Gasteiger partial charge in [0.25, 0.3) is 0 Å². The maximum atomic E-state index is 11.5. The van der Waals surface area contributed by atoms with Crippen LogP contribution in [0.25, 0.3) is 0 Å². The Labute approximate surface area is 104 Å². The predicted octanol–water partition coefficient (Wildman–Crippen LogP) is 0.759. The first kappa shape index (κ1) is 11.1. The fraction of sp³-hybridized carbons (Fsp3) is 0.385. The fourth-order valence-corrected chi connectivity index (χ4v) is 2.28. The van der Waals surface area contributed by atoms with E-state index in [-0.39, 0.29) is 31.4 Å². The molecule has 1 fully saturated rings. The molecule has 18 heavy (non-hydrogen) atoms. The Kier molecular flexibility index (Phi) is 2.66. The molecule has 94 valence electrons. The Morgan fingerprint density at radius 2 is 2.11 bits per heavy atom. The minimum absolute atomic E-state index is 0.00197. The van der Waals surface area contributed by atoms with Gasteiger partial charge in [0.1, 0.15) is 0 Å². The van der Waals surface area contributed by atoms with Crippen molar-refractivity contribution in [1.82, 2.24) is 4.90 Å². The van der Waals surface area contributed by atoms with Crippen LogP contribution in [0.4, 0.5) is 0 Å². The number of nitrogens with zero attached hydrogens (tertiary/aromatic N) is 1. The van der Waals surface area contributed by atoms with E-state index in [0.717, 1.165) is 17.1 Å². The van der Waals surface area contributed by atoms with Crippen molar-refractivity contribution in [2.75, 3.05) is 19.9 Å². The average molecular weight is 247 g/mol. The van der Waals surface area contributed by atoms with Gasteiger partial charge in [-0.3, -0.25) is 9.59 Å². The molecule has 1 aromatic carbocycles. The van der Waals surface area contributed by atoms with Gasteiger partial charge >= 0.3 is 0 Å². The zero-order valence-electron chi connectivity index (χ0n) is 9.85. The number of carbonyl (C=O) groups excluding carboxylic acids is 2. The number of ether oxygens (including phenoxy) is 2. The highest BCUT2D eigenvalue weighted by molar-refractivity contribution is 6.05. The molecule has 3 rings (SSSR count). The Hall–Kier alpha value is -2.04. The molecule has 1 amide bonds. The Bertz CT molecular complexity index is 512. The minimum atomic E-state index is -0.0789. The number of likely N-dealkylation sites (tertiary alicyclic amines) is 1. The second-order valence-electron chi connectivity index (χ2n) is 4.43. The van der Waals surface area contributed by atoms with Crippen LogP contribution in [0.3, 0.4) is 0 Å². The van der Waals surface area contributed by atoms with Crippen LogP contribution in [0.15, 0.2) is 18.2 Å². The monoisotopic (exact) mass is 247 g/mol. The Morgan fingerprint density at radius 3 is 2.89 bits per heavy atom. The molecule has 1 aromatic rings. The summed E-state index contributed by atoms with van der Waals surface area (Å²) in [6, 6.07) is 5.71. The largest absolute Gasteiger partial charge is 0.454 e. The summed E-state index contributed by atoms with van der Waals surface area (Å²) in [4.78, 5) is 24.2. The highest BCUT2D eigenvalue weighted by Crippen LogP contribution is 2.35. The number of para-hydroxylation sites is 1. The third-order valence-corrected chi connectivity index (χ3v) is 3.20. The lowest BCUT2D eigenvalue weighted by Crippen LogP contribution is -2.27. The van der Waals surface area contributed by atoms with Crippen LogP contribution in [0.5, 0.6) is 11.5 Å². The van der Waals surface area contributed by atoms with Crippen LogP contribution >= 0.6 is 0 Å². The number of ketones is 1. The quantitative estimate of drug-likeness (QED) is 0.740. The lowest BCUT2D eigenvalue weighted by molar-refractivity contribution is -0.127. The van der Waals surface area contributed by atoms with Gasteiger partial charge in [-0.05, 0) is 18.1 Å². The van der Waals surface area contributed by atoms with E-state index in [2.05, 4.69) is 0 Å². The number of amides is 1. The molecule has 2 aliphatic rings. The van der Waals surface area contributed by atoms with Crippen molar-refractivity contribution in [3.8, 4) is 11.5 Å². The highest BCUT2D eigenvalue weighted by atomic mass is 16.7. The molecular weight excluding hydrogens is 234 g/mol. The molecule has 0 spiro atoms. The molecule has 0 aromatic heterocycles. The van der Waals surface area contributed by atoms with Crippen molar-refractivity contribution in [2.24, 2.45) is 0 Å². The number of hydrogen-bond acceptors (Lipinski definition) is 4. The van der Waals surface area contributed by atoms with Crippen molar-refractivity contribution in [3.05, 3.63) is 23.8 Å². The number of Topliss-reactive ketones (excluding diaryl/α,β-unsaturated/α-hetero) is 1. The third kappa shape index (κ3) is 1.92. The SMILES string of the molecule is O=C1CC(=O)N(CCc2cccc3c2OCO3)C1. The van der Waals surface area contributed by atoms with Crippen molar-refractivity contribution in [2.45, 2.75) is 12.8 Å². The molecule has 5 nitrogen and oxygen atoms in total. The van der Waals surface area contributed by atoms with Crippen LogP contribution in [-0.2, 0) is 16.0 Å². The van der Waals surface area contributed by atoms with Gasteiger partial charge < -0.3 is 14.4 Å². The van der Waals surface area contributed by atoms with E-state index in [4.69, 9.17) is 9.47 Å². The maximum Gasteiger partial charge on any atom is 0.231 e. The van der Waals surface area contributed by atoms with Gasteiger partial charge in [-0.25, -0.2) is 0 Å². The number of hydrogen-bond donors (Lipinski definition) is 0. The number of benzene rings is 1. The van der Waals surface area contributed by atoms with E-state index >= 15 is 0 Å². The van der Waals surface area contributed by atoms with E-state index in [1.807, 2.05) is 18.2 Å². The number of carbonyl (C=O) groups is 2. The fourth-order valence-electron chi connectivity index (χ4n) is 2.28. The number of rotatable bonds is 3. The lowest BCUT2D eigenvalue weighted by atomic mass is 10.1. The second-order valence-corrected chi connectivity index (χ2v) is 4.43. The molecule has 0 atom stereocenters. The second kappa shape index (κ2) is 4.33. The summed E-state index contributed by atoms with van der Waals surface area (Å²) in [5, 5.41) is 0. The van der Waals surface area contributed by atoms with Gasteiger partial charge in [0.05, 0.1) is 13.0 Å². The molecular formula is C13H13NO4. The average Bonchev–Trinajstić information content (AvgIpc) is 2.93. The van der Waals surface area contributed by atoms with Crippen LogP contribution < -0.4 is 9.47 Å². The number of fused-ring (bicyclic) bond motifs is 1. The highest BCUT2D eigenvalue weighted by Gasteiger charge is 2.27. The first-order valence-electron chi connectivity index (χ1n) is 5.91. The summed E-state index contributed by atoms with van der Waals surface area (Å²) in [5.41, 5.74) is 1.01. The van der Waals surface area contributed by atoms with Gasteiger partial charge in [-0.1, -0.05) is 12.1 Å². The molecule has 2 heterocycles. The zero-order chi connectivity index (χ0) is 12.5. The minimum Gasteiger partial charge on any atom is -0.454 e. The lowest BCUT2D eigenvalue weighted by Gasteiger charge is -2.14. The van der Waals surface area contributed by atoms with Gasteiger partial charge in [0.2, 0.25) is 12.7 Å². The summed E-state index contributed by atoms with van der Waals surface area (Å²) < 4.78 is 10.7. The summed E-state index contributed by atoms with van der Waals surface area (Å²) in [6.45, 7) is 1.03. The van der Waals surface area contributed by atoms with Gasteiger partial charge in [0, 0.05) is 6.54 Å². The van der Waals surface area contributed by atoms with Crippen molar-refractivity contribution >= 4 is 11.7 Å². The maximum absolute atomic E-state index is 11.5. The van der Waals surface area contributed by atoms with Crippen LogP contribution in [0.2, 0.25) is 0 Å². The Morgan fingerprint density at radius 1 is 1.22 bits per heavy atom. The van der Waals surface area contributed by atoms with E-state index in [1.165, 1.54) is 0 Å². The molecule has 1 saturated heterocycles. The summed E-state index contributed by atoms with van der Waals surface area (Å²) in [5.74, 6) is 1.43. The molecule has 5 heteroatoms. The van der Waals surface area contributed by atoms with Gasteiger partial charge in [0.15, 0.2) is 17.3 Å². The van der Waals surface area contributed by atoms with E-state index in [9.17, 15) is 9.59 Å². The van der Waals surface area contributed by atoms with Crippen molar-refractivity contribution in [3.63, 3.8) is 0 Å². The smallest absolute Gasteiger partial charge is 0.231 e. The summed E-state index contributed by atoms with van der Waals surface area (Å²) in [7, 11) is 0. The predicted molar refractivity (Wildman–Crippen MR) is 62.5 cm³/mol.